The molecule has 1 aromatic rings. The second kappa shape index (κ2) is 8.42. The van der Waals surface area contributed by atoms with Crippen LogP contribution in [-0.4, -0.2) is 20.7 Å². The van der Waals surface area contributed by atoms with Crippen LogP contribution < -0.4 is 5.32 Å². The molecule has 0 aliphatic rings. The summed E-state index contributed by atoms with van der Waals surface area (Å²) in [5.74, 6) is 0. The Morgan fingerprint density at radius 1 is 1.10 bits per heavy atom. The topological polar surface area (TPSA) is 46.2 Å². The maximum Gasteiger partial charge on any atom is 0.175 e. The third-order valence-corrected chi connectivity index (χ3v) is 4.63. The van der Waals surface area contributed by atoms with E-state index in [9.17, 15) is 8.42 Å². The molecule has 0 saturated heterocycles. The summed E-state index contributed by atoms with van der Waals surface area (Å²) in [7, 11) is -3.09. The molecule has 114 valence electrons. The molecule has 0 saturated carbocycles. The van der Waals surface area contributed by atoms with Crippen molar-refractivity contribution in [1.29, 1.82) is 0 Å². The van der Waals surface area contributed by atoms with E-state index < -0.39 is 9.84 Å². The predicted molar refractivity (Wildman–Crippen MR) is 84.6 cm³/mol. The van der Waals surface area contributed by atoms with Crippen molar-refractivity contribution >= 4 is 9.84 Å². The lowest BCUT2D eigenvalue weighted by Crippen LogP contribution is -2.25. The molecule has 4 heteroatoms. The Kier molecular flexibility index (Phi) is 7.24. The lowest BCUT2D eigenvalue weighted by atomic mass is 10.1. The molecule has 0 bridgehead atoms. The molecule has 0 heterocycles. The van der Waals surface area contributed by atoms with Gasteiger partial charge >= 0.3 is 0 Å². The van der Waals surface area contributed by atoms with Crippen LogP contribution in [0, 0.1) is 0 Å². The van der Waals surface area contributed by atoms with Gasteiger partial charge in [-0.1, -0.05) is 44.7 Å². The highest BCUT2D eigenvalue weighted by molar-refractivity contribution is 7.90. The van der Waals surface area contributed by atoms with Gasteiger partial charge in [0.25, 0.3) is 0 Å². The van der Waals surface area contributed by atoms with Crippen molar-refractivity contribution in [2.24, 2.45) is 0 Å². The van der Waals surface area contributed by atoms with E-state index in [1.54, 1.807) is 12.1 Å². The van der Waals surface area contributed by atoms with Crippen LogP contribution in [0.4, 0.5) is 0 Å². The van der Waals surface area contributed by atoms with Gasteiger partial charge in [-0.15, -0.1) is 0 Å². The first-order chi connectivity index (χ1) is 9.43. The van der Waals surface area contributed by atoms with Gasteiger partial charge in [-0.3, -0.25) is 0 Å². The van der Waals surface area contributed by atoms with Crippen molar-refractivity contribution in [2.45, 2.75) is 63.4 Å². The van der Waals surface area contributed by atoms with E-state index in [4.69, 9.17) is 0 Å². The fourth-order valence-electron chi connectivity index (χ4n) is 2.13. The minimum Gasteiger partial charge on any atom is -0.310 e. The molecule has 0 aliphatic heterocycles. The Morgan fingerprint density at radius 3 is 2.30 bits per heavy atom. The second-order valence-electron chi connectivity index (χ2n) is 5.55. The zero-order valence-corrected chi connectivity index (χ0v) is 13.7. The molecule has 1 atom stereocenters. The lowest BCUT2D eigenvalue weighted by Gasteiger charge is -2.13. The minimum atomic E-state index is -3.09. The summed E-state index contributed by atoms with van der Waals surface area (Å²) in [6.45, 7) is 5.22. The number of hydrogen-bond donors (Lipinski definition) is 1. The highest BCUT2D eigenvalue weighted by Gasteiger charge is 2.06. The van der Waals surface area contributed by atoms with Gasteiger partial charge in [0.05, 0.1) is 4.90 Å². The molecule has 0 fully saturated rings. The van der Waals surface area contributed by atoms with Crippen molar-refractivity contribution in [1.82, 2.24) is 5.32 Å². The molecule has 1 rings (SSSR count). The highest BCUT2D eigenvalue weighted by atomic mass is 32.2. The van der Waals surface area contributed by atoms with Crippen molar-refractivity contribution in [3.63, 3.8) is 0 Å². The largest absolute Gasteiger partial charge is 0.310 e. The quantitative estimate of drug-likeness (QED) is 0.709. The summed E-state index contributed by atoms with van der Waals surface area (Å²) in [6.07, 6.45) is 7.61. The summed E-state index contributed by atoms with van der Waals surface area (Å²) in [5.41, 5.74) is 1.12. The van der Waals surface area contributed by atoms with Crippen molar-refractivity contribution in [3.05, 3.63) is 29.8 Å². The van der Waals surface area contributed by atoms with Crippen molar-refractivity contribution in [2.75, 3.05) is 6.26 Å². The van der Waals surface area contributed by atoms with E-state index in [0.717, 1.165) is 12.1 Å². The smallest absolute Gasteiger partial charge is 0.175 e. The van der Waals surface area contributed by atoms with Crippen LogP contribution in [0.15, 0.2) is 29.2 Å². The van der Waals surface area contributed by atoms with Crippen LogP contribution in [0.3, 0.4) is 0 Å². The van der Waals surface area contributed by atoms with E-state index in [0.29, 0.717) is 10.9 Å². The zero-order valence-electron chi connectivity index (χ0n) is 12.9. The van der Waals surface area contributed by atoms with Gasteiger partial charge in [0.2, 0.25) is 0 Å². The SMILES string of the molecule is CCCCCCC(C)NCc1ccc(S(C)(=O)=O)cc1. The Hall–Kier alpha value is -0.870. The molecule has 0 amide bonds. The number of sulfone groups is 1. The Morgan fingerprint density at radius 2 is 1.75 bits per heavy atom. The summed E-state index contributed by atoms with van der Waals surface area (Å²) in [5, 5.41) is 3.48. The molecule has 0 spiro atoms. The first-order valence-electron chi connectivity index (χ1n) is 7.46. The fraction of sp³-hybridized carbons (Fsp3) is 0.625. The average molecular weight is 297 g/mol. The van der Waals surface area contributed by atoms with Gasteiger partial charge in [-0.25, -0.2) is 8.42 Å². The van der Waals surface area contributed by atoms with Crippen LogP contribution in [0.2, 0.25) is 0 Å². The van der Waals surface area contributed by atoms with E-state index in [2.05, 4.69) is 19.2 Å². The average Bonchev–Trinajstić information content (AvgIpc) is 2.41. The van der Waals surface area contributed by atoms with Crippen molar-refractivity contribution in [3.8, 4) is 0 Å². The number of nitrogens with one attached hydrogen (secondary N) is 1. The summed E-state index contributed by atoms with van der Waals surface area (Å²) in [4.78, 5) is 0.383. The maximum absolute atomic E-state index is 11.4. The molecule has 3 nitrogen and oxygen atoms in total. The van der Waals surface area contributed by atoms with Crippen LogP contribution in [0.1, 0.15) is 51.5 Å². The van der Waals surface area contributed by atoms with Crippen LogP contribution in [-0.2, 0) is 16.4 Å². The van der Waals surface area contributed by atoms with Crippen molar-refractivity contribution < 1.29 is 8.42 Å². The third kappa shape index (κ3) is 6.53. The molecule has 0 aliphatic carbocycles. The van der Waals surface area contributed by atoms with E-state index >= 15 is 0 Å². The van der Waals surface area contributed by atoms with E-state index in [-0.39, 0.29) is 0 Å². The van der Waals surface area contributed by atoms with E-state index in [1.807, 2.05) is 12.1 Å². The Bertz CT molecular complexity index is 480. The fourth-order valence-corrected chi connectivity index (χ4v) is 2.76. The molecular formula is C16H27NO2S. The van der Waals surface area contributed by atoms with Gasteiger partial charge in [0, 0.05) is 18.8 Å². The van der Waals surface area contributed by atoms with Gasteiger partial charge in [0.1, 0.15) is 0 Å². The molecule has 0 aromatic heterocycles. The first kappa shape index (κ1) is 17.2. The number of rotatable bonds is 9. The molecule has 20 heavy (non-hydrogen) atoms. The second-order valence-corrected chi connectivity index (χ2v) is 7.56. The monoisotopic (exact) mass is 297 g/mol. The predicted octanol–water partition coefficient (Wildman–Crippen LogP) is 3.54. The van der Waals surface area contributed by atoms with E-state index in [1.165, 1.54) is 38.4 Å². The molecule has 1 unspecified atom stereocenters. The molecule has 1 aromatic carbocycles. The van der Waals surface area contributed by atoms with Crippen LogP contribution >= 0.6 is 0 Å². The summed E-state index contributed by atoms with van der Waals surface area (Å²) >= 11 is 0. The third-order valence-electron chi connectivity index (χ3n) is 3.50. The van der Waals surface area contributed by atoms with Crippen LogP contribution in [0.5, 0.6) is 0 Å². The van der Waals surface area contributed by atoms with Gasteiger partial charge in [0.15, 0.2) is 9.84 Å². The highest BCUT2D eigenvalue weighted by Crippen LogP contribution is 2.11. The van der Waals surface area contributed by atoms with Gasteiger partial charge in [-0.2, -0.15) is 0 Å². The van der Waals surface area contributed by atoms with Gasteiger partial charge in [-0.05, 0) is 31.0 Å². The standard InChI is InChI=1S/C16H27NO2S/c1-4-5-6-7-8-14(2)17-13-15-9-11-16(12-10-15)20(3,18)19/h9-12,14,17H,4-8,13H2,1-3H3. The van der Waals surface area contributed by atoms with Gasteiger partial charge < -0.3 is 5.32 Å². The summed E-state index contributed by atoms with van der Waals surface area (Å²) in [6, 6.07) is 7.62. The molecule has 0 radical (unpaired) electrons. The minimum absolute atomic E-state index is 0.383. The Labute approximate surface area is 123 Å². The van der Waals surface area contributed by atoms with Crippen LogP contribution in [0.25, 0.3) is 0 Å². The lowest BCUT2D eigenvalue weighted by molar-refractivity contribution is 0.482. The Balaban J connectivity index is 2.35. The maximum atomic E-state index is 11.4. The number of unbranched alkanes of at least 4 members (excludes halogenated alkanes) is 3. The molecule has 1 N–H and O–H groups in total. The number of hydrogen-bond acceptors (Lipinski definition) is 3. The normalized spacial score (nSPS) is 13.3. The number of benzene rings is 1. The molecular weight excluding hydrogens is 270 g/mol. The first-order valence-corrected chi connectivity index (χ1v) is 9.35. The summed E-state index contributed by atoms with van der Waals surface area (Å²) < 4.78 is 22.7. The zero-order chi connectivity index (χ0) is 15.0.